The number of nitrogens with one attached hydrogen (secondary N) is 1. The van der Waals surface area contributed by atoms with Crippen molar-refractivity contribution in [2.24, 2.45) is 11.8 Å². The minimum Gasteiger partial charge on any atom is -0.379 e. The van der Waals surface area contributed by atoms with E-state index in [0.29, 0.717) is 19.1 Å². The van der Waals surface area contributed by atoms with E-state index in [1.807, 2.05) is 18.7 Å². The molecular weight excluding hydrogens is 244 g/mol. The molecule has 1 saturated carbocycles. The highest BCUT2D eigenvalue weighted by atomic mass is 16.5. The fourth-order valence-electron chi connectivity index (χ4n) is 3.18. The summed E-state index contributed by atoms with van der Waals surface area (Å²) in [6, 6.07) is -0.539. The Morgan fingerprint density at radius 2 is 2.00 bits per heavy atom. The average molecular weight is 266 g/mol. The van der Waals surface area contributed by atoms with E-state index in [9.17, 15) is 9.59 Å². The molecule has 0 aromatic rings. The minimum atomic E-state index is -0.372. The number of rotatable bonds is 3. The quantitative estimate of drug-likeness (QED) is 0.811. The molecule has 5 nitrogen and oxygen atoms in total. The lowest BCUT2D eigenvalue weighted by atomic mass is 9.94. The van der Waals surface area contributed by atoms with Gasteiger partial charge in [-0.1, -0.05) is 13.8 Å². The van der Waals surface area contributed by atoms with Gasteiger partial charge in [0.1, 0.15) is 12.1 Å². The molecule has 0 bridgehead atoms. The molecule has 2 heterocycles. The second kappa shape index (κ2) is 4.78. The van der Waals surface area contributed by atoms with E-state index < -0.39 is 0 Å². The van der Waals surface area contributed by atoms with Crippen LogP contribution < -0.4 is 5.32 Å². The molecular formula is C14H22N2O3. The SMILES string of the molecule is CC(C)C1NC(=O)C(C2CC2)N(C2CCOC2)C1=O. The summed E-state index contributed by atoms with van der Waals surface area (Å²) in [5, 5.41) is 2.92. The molecule has 0 spiro atoms. The van der Waals surface area contributed by atoms with E-state index in [0.717, 1.165) is 19.3 Å². The maximum atomic E-state index is 12.7. The fraction of sp³-hybridized carbons (Fsp3) is 0.857. The van der Waals surface area contributed by atoms with Gasteiger partial charge in [-0.05, 0) is 31.1 Å². The summed E-state index contributed by atoms with van der Waals surface area (Å²) in [6.45, 7) is 5.22. The van der Waals surface area contributed by atoms with Gasteiger partial charge in [-0.25, -0.2) is 0 Å². The summed E-state index contributed by atoms with van der Waals surface area (Å²) in [5.41, 5.74) is 0. The Balaban J connectivity index is 1.87. The molecule has 1 N–H and O–H groups in total. The maximum Gasteiger partial charge on any atom is 0.246 e. The molecule has 2 amide bonds. The zero-order chi connectivity index (χ0) is 13.6. The van der Waals surface area contributed by atoms with Crippen LogP contribution in [-0.2, 0) is 14.3 Å². The number of carbonyl (C=O) groups excluding carboxylic acids is 2. The molecule has 106 valence electrons. The third-order valence-electron chi connectivity index (χ3n) is 4.42. The number of nitrogens with zero attached hydrogens (tertiary/aromatic N) is 1. The summed E-state index contributed by atoms with van der Waals surface area (Å²) in [6.07, 6.45) is 2.97. The molecule has 3 unspecified atom stereocenters. The van der Waals surface area contributed by atoms with Crippen molar-refractivity contribution in [3.05, 3.63) is 0 Å². The van der Waals surface area contributed by atoms with Gasteiger partial charge >= 0.3 is 0 Å². The van der Waals surface area contributed by atoms with E-state index >= 15 is 0 Å². The van der Waals surface area contributed by atoms with Gasteiger partial charge in [0.25, 0.3) is 0 Å². The highest BCUT2D eigenvalue weighted by Gasteiger charge is 2.51. The van der Waals surface area contributed by atoms with Crippen LogP contribution in [0.3, 0.4) is 0 Å². The first-order chi connectivity index (χ1) is 9.09. The summed E-state index contributed by atoms with van der Waals surface area (Å²) in [7, 11) is 0. The van der Waals surface area contributed by atoms with Crippen molar-refractivity contribution < 1.29 is 14.3 Å². The average Bonchev–Trinajstić information content (AvgIpc) is 3.05. The predicted octanol–water partition coefficient (Wildman–Crippen LogP) is 0.537. The van der Waals surface area contributed by atoms with E-state index in [1.165, 1.54) is 0 Å². The second-order valence-corrected chi connectivity index (χ2v) is 6.28. The molecule has 1 aliphatic carbocycles. The smallest absolute Gasteiger partial charge is 0.246 e. The lowest BCUT2D eigenvalue weighted by molar-refractivity contribution is -0.154. The van der Waals surface area contributed by atoms with Crippen LogP contribution >= 0.6 is 0 Å². The number of amides is 2. The van der Waals surface area contributed by atoms with E-state index in [1.54, 1.807) is 0 Å². The van der Waals surface area contributed by atoms with Crippen molar-refractivity contribution in [3.63, 3.8) is 0 Å². The number of ether oxygens (including phenoxy) is 1. The first-order valence-corrected chi connectivity index (χ1v) is 7.30. The van der Waals surface area contributed by atoms with Crippen molar-refractivity contribution in [3.8, 4) is 0 Å². The van der Waals surface area contributed by atoms with Crippen molar-refractivity contribution in [1.29, 1.82) is 0 Å². The Labute approximate surface area is 113 Å². The molecule has 3 aliphatic rings. The number of piperazine rings is 1. The lowest BCUT2D eigenvalue weighted by Crippen LogP contribution is -2.67. The third kappa shape index (κ3) is 2.24. The number of hydrogen-bond acceptors (Lipinski definition) is 3. The zero-order valence-corrected chi connectivity index (χ0v) is 11.6. The van der Waals surface area contributed by atoms with E-state index in [4.69, 9.17) is 4.74 Å². The van der Waals surface area contributed by atoms with Crippen molar-refractivity contribution in [1.82, 2.24) is 10.2 Å². The van der Waals surface area contributed by atoms with E-state index in [-0.39, 0.29) is 35.9 Å². The topological polar surface area (TPSA) is 58.6 Å². The molecule has 0 aromatic carbocycles. The van der Waals surface area contributed by atoms with Crippen molar-refractivity contribution in [2.45, 2.75) is 51.2 Å². The van der Waals surface area contributed by atoms with Gasteiger partial charge in [0.05, 0.1) is 12.6 Å². The third-order valence-corrected chi connectivity index (χ3v) is 4.42. The van der Waals surface area contributed by atoms with E-state index in [2.05, 4.69) is 5.32 Å². The molecule has 3 atom stereocenters. The van der Waals surface area contributed by atoms with Crippen LogP contribution in [0, 0.1) is 11.8 Å². The van der Waals surface area contributed by atoms with Crippen LogP contribution in [0.2, 0.25) is 0 Å². The molecule has 3 rings (SSSR count). The molecule has 2 saturated heterocycles. The first kappa shape index (κ1) is 12.9. The summed E-state index contributed by atoms with van der Waals surface area (Å²) < 4.78 is 5.41. The number of hydrogen-bond donors (Lipinski definition) is 1. The van der Waals surface area contributed by atoms with Gasteiger partial charge in [0.15, 0.2) is 0 Å². The zero-order valence-electron chi connectivity index (χ0n) is 11.6. The van der Waals surface area contributed by atoms with Crippen LogP contribution in [0.5, 0.6) is 0 Å². The Bertz CT molecular complexity index is 386. The summed E-state index contributed by atoms with van der Waals surface area (Å²) in [5.74, 6) is 0.605. The van der Waals surface area contributed by atoms with Gasteiger partial charge in [-0.3, -0.25) is 9.59 Å². The van der Waals surface area contributed by atoms with Gasteiger partial charge in [0, 0.05) is 6.61 Å². The van der Waals surface area contributed by atoms with Crippen LogP contribution in [-0.4, -0.2) is 48.1 Å². The predicted molar refractivity (Wildman–Crippen MR) is 69.4 cm³/mol. The Morgan fingerprint density at radius 3 is 2.53 bits per heavy atom. The molecule has 5 heteroatoms. The summed E-state index contributed by atoms with van der Waals surface area (Å²) in [4.78, 5) is 26.9. The minimum absolute atomic E-state index is 0.0349. The van der Waals surface area contributed by atoms with Crippen molar-refractivity contribution >= 4 is 11.8 Å². The largest absolute Gasteiger partial charge is 0.379 e. The highest BCUT2D eigenvalue weighted by Crippen LogP contribution is 2.39. The molecule has 0 aromatic heterocycles. The normalized spacial score (nSPS) is 35.9. The van der Waals surface area contributed by atoms with Crippen LogP contribution in [0.25, 0.3) is 0 Å². The van der Waals surface area contributed by atoms with Crippen LogP contribution in [0.4, 0.5) is 0 Å². The molecule has 19 heavy (non-hydrogen) atoms. The van der Waals surface area contributed by atoms with Gasteiger partial charge in [-0.2, -0.15) is 0 Å². The monoisotopic (exact) mass is 266 g/mol. The lowest BCUT2D eigenvalue weighted by Gasteiger charge is -2.43. The maximum absolute atomic E-state index is 12.7. The highest BCUT2D eigenvalue weighted by molar-refractivity contribution is 5.97. The second-order valence-electron chi connectivity index (χ2n) is 6.28. The molecule has 0 radical (unpaired) electrons. The van der Waals surface area contributed by atoms with Crippen LogP contribution in [0.15, 0.2) is 0 Å². The van der Waals surface area contributed by atoms with Gasteiger partial charge in [0.2, 0.25) is 11.8 Å². The molecule has 3 fully saturated rings. The van der Waals surface area contributed by atoms with Crippen LogP contribution in [0.1, 0.15) is 33.1 Å². The Hall–Kier alpha value is -1.10. The molecule has 2 aliphatic heterocycles. The number of carbonyl (C=O) groups is 2. The Morgan fingerprint density at radius 1 is 1.26 bits per heavy atom. The standard InChI is InChI=1S/C14H22N2O3/c1-8(2)11-14(18)16(10-5-6-19-7-10)12(9-3-4-9)13(17)15-11/h8-12H,3-7H2,1-2H3,(H,15,17). The first-order valence-electron chi connectivity index (χ1n) is 7.30. The van der Waals surface area contributed by atoms with Gasteiger partial charge < -0.3 is 15.0 Å². The fourth-order valence-corrected chi connectivity index (χ4v) is 3.18. The Kier molecular flexibility index (Phi) is 3.25. The van der Waals surface area contributed by atoms with Crippen molar-refractivity contribution in [2.75, 3.05) is 13.2 Å². The summed E-state index contributed by atoms with van der Waals surface area (Å²) >= 11 is 0. The van der Waals surface area contributed by atoms with Gasteiger partial charge in [-0.15, -0.1) is 0 Å².